The summed E-state index contributed by atoms with van der Waals surface area (Å²) in [5.41, 5.74) is 1.63. The van der Waals surface area contributed by atoms with Crippen molar-refractivity contribution in [2.75, 3.05) is 14.1 Å². The van der Waals surface area contributed by atoms with Crippen molar-refractivity contribution in [2.45, 2.75) is 44.7 Å². The zero-order valence-corrected chi connectivity index (χ0v) is 19.8. The van der Waals surface area contributed by atoms with Crippen molar-refractivity contribution in [1.29, 1.82) is 0 Å². The van der Waals surface area contributed by atoms with Crippen LogP contribution in [0.4, 0.5) is 0 Å². The van der Waals surface area contributed by atoms with Gasteiger partial charge >= 0.3 is 0 Å². The molecule has 0 saturated heterocycles. The Bertz CT molecular complexity index is 1010. The number of carbonyl (C=O) groups excluding carboxylic acids is 1. The van der Waals surface area contributed by atoms with Gasteiger partial charge in [0, 0.05) is 23.2 Å². The second kappa shape index (κ2) is 10.3. The van der Waals surface area contributed by atoms with Crippen LogP contribution in [0, 0.1) is 12.8 Å². The highest BCUT2D eigenvalue weighted by Gasteiger charge is 2.31. The summed E-state index contributed by atoms with van der Waals surface area (Å²) in [5.74, 6) is 1.50. The number of nitrogens with one attached hydrogen (secondary N) is 1. The second-order valence-corrected chi connectivity index (χ2v) is 9.76. The molecule has 1 amide bonds. The minimum absolute atomic E-state index is 0.119. The summed E-state index contributed by atoms with van der Waals surface area (Å²) in [6.45, 7) is 2.03. The van der Waals surface area contributed by atoms with Gasteiger partial charge in [0.15, 0.2) is 0 Å². The number of hydrogen-bond donors (Lipinski definition) is 1. The lowest BCUT2D eigenvalue weighted by Gasteiger charge is -2.37. The molecule has 1 fully saturated rings. The minimum atomic E-state index is -0.119. The molecule has 168 valence electrons. The third-order valence-corrected chi connectivity index (χ3v) is 7.14. The lowest BCUT2D eigenvalue weighted by Crippen LogP contribution is -2.39. The molecule has 1 unspecified atom stereocenters. The Balaban J connectivity index is 1.38. The fraction of sp³-hybridized carbons (Fsp3) is 0.385. The van der Waals surface area contributed by atoms with Gasteiger partial charge in [-0.2, -0.15) is 0 Å². The SMILES string of the molecule is Cc1ccc(Oc2ncccc2C(=O)NC2CCC(C(c3cccs3)N(C)C)CC2)cc1. The Labute approximate surface area is 194 Å². The van der Waals surface area contributed by atoms with Crippen molar-refractivity contribution in [3.8, 4) is 11.6 Å². The van der Waals surface area contributed by atoms with Crippen LogP contribution in [0.2, 0.25) is 0 Å². The average Bonchev–Trinajstić information content (AvgIpc) is 3.31. The summed E-state index contributed by atoms with van der Waals surface area (Å²) < 4.78 is 5.91. The first-order valence-electron chi connectivity index (χ1n) is 11.2. The third-order valence-electron chi connectivity index (χ3n) is 6.20. The van der Waals surface area contributed by atoms with E-state index in [1.807, 2.05) is 42.5 Å². The van der Waals surface area contributed by atoms with Gasteiger partial charge in [-0.1, -0.05) is 23.8 Å². The average molecular weight is 450 g/mol. The van der Waals surface area contributed by atoms with Crippen LogP contribution in [-0.4, -0.2) is 35.9 Å². The molecule has 2 heterocycles. The fourth-order valence-electron chi connectivity index (χ4n) is 4.57. The van der Waals surface area contributed by atoms with Crippen LogP contribution >= 0.6 is 11.3 Å². The highest BCUT2D eigenvalue weighted by Crippen LogP contribution is 2.39. The number of benzene rings is 1. The molecule has 1 aliphatic carbocycles. The smallest absolute Gasteiger partial charge is 0.257 e. The molecule has 5 nitrogen and oxygen atoms in total. The van der Waals surface area contributed by atoms with Crippen molar-refractivity contribution < 1.29 is 9.53 Å². The second-order valence-electron chi connectivity index (χ2n) is 8.78. The lowest BCUT2D eigenvalue weighted by molar-refractivity contribution is 0.0904. The molecule has 0 bridgehead atoms. The molecular weight excluding hydrogens is 418 g/mol. The standard InChI is InChI=1S/C26H31N3O2S/c1-18-8-14-21(15-9-18)31-26-22(6-4-16-27-26)25(30)28-20-12-10-19(11-13-20)24(29(2)3)23-7-5-17-32-23/h4-9,14-17,19-20,24H,10-13H2,1-3H3,(H,28,30). The number of carbonyl (C=O) groups is 1. The first-order chi connectivity index (χ1) is 15.5. The highest BCUT2D eigenvalue weighted by atomic mass is 32.1. The number of amides is 1. The fourth-order valence-corrected chi connectivity index (χ4v) is 5.59. The Hall–Kier alpha value is -2.70. The van der Waals surface area contributed by atoms with Crippen LogP contribution in [0.5, 0.6) is 11.6 Å². The lowest BCUT2D eigenvalue weighted by atomic mass is 9.80. The van der Waals surface area contributed by atoms with E-state index >= 15 is 0 Å². The van der Waals surface area contributed by atoms with Gasteiger partial charge in [-0.25, -0.2) is 4.98 Å². The van der Waals surface area contributed by atoms with Crippen molar-refractivity contribution in [1.82, 2.24) is 15.2 Å². The minimum Gasteiger partial charge on any atom is -0.438 e. The topological polar surface area (TPSA) is 54.5 Å². The Morgan fingerprint density at radius 3 is 2.50 bits per heavy atom. The number of rotatable bonds is 7. The van der Waals surface area contributed by atoms with E-state index in [0.717, 1.165) is 31.2 Å². The maximum atomic E-state index is 13.1. The number of aryl methyl sites for hydroxylation is 1. The quantitative estimate of drug-likeness (QED) is 0.493. The Kier molecular flexibility index (Phi) is 7.22. The van der Waals surface area contributed by atoms with E-state index in [0.29, 0.717) is 29.2 Å². The van der Waals surface area contributed by atoms with Crippen LogP contribution < -0.4 is 10.1 Å². The van der Waals surface area contributed by atoms with Gasteiger partial charge in [-0.3, -0.25) is 4.79 Å². The number of thiophene rings is 1. The number of aromatic nitrogens is 1. The van der Waals surface area contributed by atoms with E-state index in [4.69, 9.17) is 4.74 Å². The number of nitrogens with zero attached hydrogens (tertiary/aromatic N) is 2. The molecule has 2 aromatic heterocycles. The largest absolute Gasteiger partial charge is 0.438 e. The number of pyridine rings is 1. The van der Waals surface area contributed by atoms with Crippen molar-refractivity contribution in [3.63, 3.8) is 0 Å². The van der Waals surface area contributed by atoms with Crippen LogP contribution in [0.1, 0.15) is 52.5 Å². The molecule has 6 heteroatoms. The highest BCUT2D eigenvalue weighted by molar-refractivity contribution is 7.10. The van der Waals surface area contributed by atoms with E-state index in [9.17, 15) is 4.79 Å². The molecule has 3 aromatic rings. The summed E-state index contributed by atoms with van der Waals surface area (Å²) in [4.78, 5) is 21.1. The normalized spacial score (nSPS) is 19.5. The molecule has 0 spiro atoms. The third kappa shape index (κ3) is 5.37. The van der Waals surface area contributed by atoms with E-state index in [2.05, 4.69) is 46.8 Å². The van der Waals surface area contributed by atoms with Crippen molar-refractivity contribution >= 4 is 17.2 Å². The van der Waals surface area contributed by atoms with Gasteiger partial charge in [0.1, 0.15) is 11.3 Å². The molecule has 1 aliphatic rings. The van der Waals surface area contributed by atoms with Gasteiger partial charge in [-0.15, -0.1) is 11.3 Å². The van der Waals surface area contributed by atoms with Gasteiger partial charge in [0.2, 0.25) is 5.88 Å². The maximum absolute atomic E-state index is 13.1. The van der Waals surface area contributed by atoms with Gasteiger partial charge < -0.3 is 15.0 Å². The molecule has 32 heavy (non-hydrogen) atoms. The molecular formula is C26H31N3O2S. The van der Waals surface area contributed by atoms with Crippen LogP contribution in [0.15, 0.2) is 60.1 Å². The summed E-state index contributed by atoms with van der Waals surface area (Å²) in [6, 6.07) is 16.3. The molecule has 1 N–H and O–H groups in total. The van der Waals surface area contributed by atoms with E-state index in [1.165, 1.54) is 4.88 Å². The van der Waals surface area contributed by atoms with E-state index in [-0.39, 0.29) is 11.9 Å². The van der Waals surface area contributed by atoms with Gasteiger partial charge in [0.05, 0.1) is 0 Å². The zero-order valence-electron chi connectivity index (χ0n) is 19.0. The zero-order chi connectivity index (χ0) is 22.5. The summed E-state index contributed by atoms with van der Waals surface area (Å²) in [5, 5.41) is 5.38. The summed E-state index contributed by atoms with van der Waals surface area (Å²) in [7, 11) is 4.33. The Morgan fingerprint density at radius 2 is 1.84 bits per heavy atom. The summed E-state index contributed by atoms with van der Waals surface area (Å²) in [6.07, 6.45) is 5.83. The van der Waals surface area contributed by atoms with E-state index < -0.39 is 0 Å². The molecule has 1 aromatic carbocycles. The van der Waals surface area contributed by atoms with Crippen molar-refractivity contribution in [2.24, 2.45) is 5.92 Å². The molecule has 0 radical (unpaired) electrons. The maximum Gasteiger partial charge on any atom is 0.257 e. The molecule has 4 rings (SSSR count). The monoisotopic (exact) mass is 449 g/mol. The first kappa shape index (κ1) is 22.5. The van der Waals surface area contributed by atoms with E-state index in [1.54, 1.807) is 18.3 Å². The van der Waals surface area contributed by atoms with Crippen LogP contribution in [-0.2, 0) is 0 Å². The predicted octanol–water partition coefficient (Wildman–Crippen LogP) is 5.84. The predicted molar refractivity (Wildman–Crippen MR) is 129 cm³/mol. The number of ether oxygens (including phenoxy) is 1. The first-order valence-corrected chi connectivity index (χ1v) is 12.1. The Morgan fingerprint density at radius 1 is 1.09 bits per heavy atom. The van der Waals surface area contributed by atoms with Crippen molar-refractivity contribution in [3.05, 3.63) is 76.1 Å². The molecule has 1 saturated carbocycles. The molecule has 1 atom stereocenters. The molecule has 0 aliphatic heterocycles. The van der Waals surface area contributed by atoms with Gasteiger partial charge in [0.25, 0.3) is 5.91 Å². The van der Waals surface area contributed by atoms with Crippen LogP contribution in [0.25, 0.3) is 0 Å². The van der Waals surface area contributed by atoms with Crippen LogP contribution in [0.3, 0.4) is 0 Å². The summed E-state index contributed by atoms with van der Waals surface area (Å²) >= 11 is 1.83. The van der Waals surface area contributed by atoms with Gasteiger partial charge in [-0.05, 0) is 88.3 Å². The number of hydrogen-bond acceptors (Lipinski definition) is 5.